The minimum Gasteiger partial charge on any atom is -0.463 e. The lowest BCUT2D eigenvalue weighted by Crippen LogP contribution is -2.32. The molecule has 1 aliphatic carbocycles. The summed E-state index contributed by atoms with van der Waals surface area (Å²) in [5.41, 5.74) is -0.416. The highest BCUT2D eigenvalue weighted by molar-refractivity contribution is 6.22. The number of nitrogens with zero attached hydrogens (tertiary/aromatic N) is 2. The summed E-state index contributed by atoms with van der Waals surface area (Å²) in [6.45, 7) is 3.66. The van der Waals surface area contributed by atoms with Gasteiger partial charge in [-0.1, -0.05) is 25.3 Å². The van der Waals surface area contributed by atoms with Crippen LogP contribution in [-0.4, -0.2) is 41.6 Å². The van der Waals surface area contributed by atoms with Gasteiger partial charge in [0.05, 0.1) is 19.3 Å². The fraction of sp³-hybridized carbons (Fsp3) is 0.500. The highest BCUT2D eigenvalue weighted by Gasteiger charge is 2.24. The van der Waals surface area contributed by atoms with E-state index in [9.17, 15) is 14.4 Å². The van der Waals surface area contributed by atoms with E-state index >= 15 is 0 Å². The van der Waals surface area contributed by atoms with Crippen LogP contribution in [0.4, 0.5) is 0 Å². The first kappa shape index (κ1) is 20.6. The Morgan fingerprint density at radius 2 is 1.85 bits per heavy atom. The number of ether oxygens (including phenoxy) is 2. The third-order valence-corrected chi connectivity index (χ3v) is 4.22. The molecular formula is C20H26N2O5. The number of carbonyl (C=O) groups excluding carboxylic acids is 2. The van der Waals surface area contributed by atoms with Gasteiger partial charge in [0.15, 0.2) is 0 Å². The Morgan fingerprint density at radius 1 is 1.15 bits per heavy atom. The fourth-order valence-corrected chi connectivity index (χ4v) is 2.97. The minimum absolute atomic E-state index is 0.0131. The number of hydrogen-bond donors (Lipinski definition) is 0. The predicted octanol–water partition coefficient (Wildman–Crippen LogP) is 2.48. The van der Waals surface area contributed by atoms with Gasteiger partial charge in [0.25, 0.3) is 5.56 Å². The van der Waals surface area contributed by atoms with Crippen molar-refractivity contribution in [2.45, 2.75) is 52.0 Å². The van der Waals surface area contributed by atoms with Gasteiger partial charge in [-0.15, -0.1) is 0 Å². The summed E-state index contributed by atoms with van der Waals surface area (Å²) in [6, 6.07) is 4.64. The number of esters is 2. The van der Waals surface area contributed by atoms with Crippen molar-refractivity contribution < 1.29 is 19.1 Å². The molecule has 0 amide bonds. The molecular weight excluding hydrogens is 348 g/mol. The second-order valence-corrected chi connectivity index (χ2v) is 6.18. The van der Waals surface area contributed by atoms with Gasteiger partial charge in [-0.2, -0.15) is 0 Å². The van der Waals surface area contributed by atoms with Crippen LogP contribution in [0, 0.1) is 0 Å². The summed E-state index contributed by atoms with van der Waals surface area (Å²) in [6.07, 6.45) is 7.57. The molecule has 0 aliphatic heterocycles. The third kappa shape index (κ3) is 5.91. The maximum absolute atomic E-state index is 12.6. The number of hydrogen-bond acceptors (Lipinski definition) is 6. The van der Waals surface area contributed by atoms with E-state index in [4.69, 9.17) is 9.47 Å². The van der Waals surface area contributed by atoms with Crippen molar-refractivity contribution in [1.29, 1.82) is 0 Å². The predicted molar refractivity (Wildman–Crippen MR) is 102 cm³/mol. The lowest BCUT2D eigenvalue weighted by atomic mass is 9.96. The molecule has 0 radical (unpaired) electrons. The quantitative estimate of drug-likeness (QED) is 0.330. The summed E-state index contributed by atoms with van der Waals surface area (Å²) in [4.78, 5) is 41.7. The van der Waals surface area contributed by atoms with Gasteiger partial charge in [-0.05, 0) is 32.8 Å². The van der Waals surface area contributed by atoms with E-state index in [1.165, 1.54) is 16.8 Å². The molecule has 27 heavy (non-hydrogen) atoms. The van der Waals surface area contributed by atoms with Crippen molar-refractivity contribution in [1.82, 2.24) is 4.57 Å². The fourth-order valence-electron chi connectivity index (χ4n) is 2.97. The summed E-state index contributed by atoms with van der Waals surface area (Å²) in [5, 5.41) is 0. The Morgan fingerprint density at radius 3 is 2.48 bits per heavy atom. The molecule has 1 aromatic heterocycles. The Hall–Kier alpha value is -2.70. The van der Waals surface area contributed by atoms with Crippen molar-refractivity contribution in [3.63, 3.8) is 0 Å². The van der Waals surface area contributed by atoms with Crippen molar-refractivity contribution in [2.24, 2.45) is 4.99 Å². The van der Waals surface area contributed by atoms with Gasteiger partial charge in [0, 0.05) is 18.3 Å². The molecule has 2 rings (SSSR count). The van der Waals surface area contributed by atoms with E-state index in [0.29, 0.717) is 0 Å². The first-order valence-electron chi connectivity index (χ1n) is 9.38. The van der Waals surface area contributed by atoms with Crippen molar-refractivity contribution in [3.8, 4) is 0 Å². The Bertz CT molecular complexity index is 773. The summed E-state index contributed by atoms with van der Waals surface area (Å²) >= 11 is 0. The summed E-state index contributed by atoms with van der Waals surface area (Å²) in [7, 11) is 0. The maximum atomic E-state index is 12.6. The van der Waals surface area contributed by atoms with E-state index in [1.807, 2.05) is 0 Å². The zero-order valence-electron chi connectivity index (χ0n) is 15.8. The van der Waals surface area contributed by atoms with Crippen LogP contribution in [0.15, 0.2) is 45.8 Å². The van der Waals surface area contributed by atoms with Crippen LogP contribution in [-0.2, 0) is 19.1 Å². The van der Waals surface area contributed by atoms with Crippen molar-refractivity contribution in [3.05, 3.63) is 46.4 Å². The van der Waals surface area contributed by atoms with Crippen LogP contribution in [0.3, 0.4) is 0 Å². The minimum atomic E-state index is -0.712. The van der Waals surface area contributed by atoms with Gasteiger partial charge in [0.2, 0.25) is 0 Å². The topological polar surface area (TPSA) is 87.0 Å². The summed E-state index contributed by atoms with van der Waals surface area (Å²) in [5.74, 6) is -1.27. The van der Waals surface area contributed by atoms with Crippen molar-refractivity contribution in [2.75, 3.05) is 13.2 Å². The lowest BCUT2D eigenvalue weighted by molar-refractivity contribution is -0.140. The SMILES string of the molecule is CCOC(=O)/C=C(/C(=O)OCC)C(=NC1CCCCC1)n1ccccc1=O. The number of rotatable bonds is 6. The third-order valence-electron chi connectivity index (χ3n) is 4.22. The molecule has 0 atom stereocenters. The molecule has 0 spiro atoms. The largest absolute Gasteiger partial charge is 0.463 e. The molecule has 1 saturated carbocycles. The molecule has 0 saturated heterocycles. The van der Waals surface area contributed by atoms with Crippen LogP contribution >= 0.6 is 0 Å². The molecule has 0 bridgehead atoms. The van der Waals surface area contributed by atoms with Crippen LogP contribution < -0.4 is 5.56 Å². The molecule has 1 heterocycles. The maximum Gasteiger partial charge on any atom is 0.342 e. The average Bonchev–Trinajstić information content (AvgIpc) is 2.66. The van der Waals surface area contributed by atoms with E-state index in [1.54, 1.807) is 26.0 Å². The van der Waals surface area contributed by atoms with E-state index in [0.717, 1.165) is 38.2 Å². The standard InChI is InChI=1S/C20H26N2O5/c1-3-26-18(24)14-16(20(25)27-4-2)19(21-15-10-6-5-7-11-15)22-13-9-8-12-17(22)23/h8-9,12-15H,3-7,10-11H2,1-2H3/b16-14+,21-19?. The van der Waals surface area contributed by atoms with Gasteiger partial charge < -0.3 is 9.47 Å². The molecule has 1 aliphatic rings. The Labute approximate surface area is 158 Å². The van der Waals surface area contributed by atoms with Gasteiger partial charge in [-0.25, -0.2) is 9.59 Å². The average molecular weight is 374 g/mol. The molecule has 0 N–H and O–H groups in total. The number of carbonyl (C=O) groups is 2. The first-order chi connectivity index (χ1) is 13.1. The van der Waals surface area contributed by atoms with Gasteiger partial charge in [0.1, 0.15) is 11.4 Å². The van der Waals surface area contributed by atoms with Crippen LogP contribution in [0.1, 0.15) is 46.0 Å². The molecule has 146 valence electrons. The van der Waals surface area contributed by atoms with Crippen LogP contribution in [0.25, 0.3) is 0 Å². The van der Waals surface area contributed by atoms with Gasteiger partial charge in [-0.3, -0.25) is 14.4 Å². The first-order valence-corrected chi connectivity index (χ1v) is 9.38. The zero-order valence-corrected chi connectivity index (χ0v) is 15.8. The molecule has 0 unspecified atom stereocenters. The Balaban J connectivity index is 2.57. The second kappa shape index (κ2) is 10.4. The Kier molecular flexibility index (Phi) is 7.98. The lowest BCUT2D eigenvalue weighted by Gasteiger charge is -2.20. The highest BCUT2D eigenvalue weighted by Crippen LogP contribution is 2.21. The van der Waals surface area contributed by atoms with E-state index in [-0.39, 0.29) is 36.2 Å². The molecule has 1 aromatic rings. The van der Waals surface area contributed by atoms with Crippen LogP contribution in [0.5, 0.6) is 0 Å². The van der Waals surface area contributed by atoms with Crippen LogP contribution in [0.2, 0.25) is 0 Å². The van der Waals surface area contributed by atoms with Crippen molar-refractivity contribution >= 4 is 17.8 Å². The van der Waals surface area contributed by atoms with E-state index < -0.39 is 11.9 Å². The molecule has 0 aromatic carbocycles. The number of pyridine rings is 1. The zero-order chi connectivity index (χ0) is 19.6. The monoisotopic (exact) mass is 374 g/mol. The number of aromatic nitrogens is 1. The van der Waals surface area contributed by atoms with Gasteiger partial charge >= 0.3 is 11.9 Å². The van der Waals surface area contributed by atoms with E-state index in [2.05, 4.69) is 4.99 Å². The smallest absolute Gasteiger partial charge is 0.342 e. The molecule has 7 nitrogen and oxygen atoms in total. The number of aliphatic imine (C=N–C) groups is 1. The normalized spacial score (nSPS) is 16.1. The highest BCUT2D eigenvalue weighted by atomic mass is 16.5. The molecule has 7 heteroatoms. The molecule has 1 fully saturated rings. The second-order valence-electron chi connectivity index (χ2n) is 6.18. The summed E-state index contributed by atoms with van der Waals surface area (Å²) < 4.78 is 11.3.